The zero-order valence-corrected chi connectivity index (χ0v) is 13.1. The Hall–Kier alpha value is -0.190. The molecular formula is C14H20BrNOS. The molecule has 1 aliphatic heterocycles. The van der Waals surface area contributed by atoms with Crippen LogP contribution >= 0.6 is 27.7 Å². The van der Waals surface area contributed by atoms with Gasteiger partial charge < -0.3 is 10.1 Å². The Labute approximate surface area is 122 Å². The Bertz CT molecular complexity index is 380. The van der Waals surface area contributed by atoms with Gasteiger partial charge in [0.1, 0.15) is 5.75 Å². The van der Waals surface area contributed by atoms with Crippen LogP contribution in [0.15, 0.2) is 22.7 Å². The molecule has 0 saturated carbocycles. The van der Waals surface area contributed by atoms with Crippen LogP contribution < -0.4 is 10.1 Å². The van der Waals surface area contributed by atoms with Crippen molar-refractivity contribution < 1.29 is 4.74 Å². The fourth-order valence-corrected chi connectivity index (χ4v) is 3.86. The highest BCUT2D eigenvalue weighted by Gasteiger charge is 2.13. The molecule has 1 aromatic rings. The summed E-state index contributed by atoms with van der Waals surface area (Å²) in [6.45, 7) is 2.00. The molecule has 4 heteroatoms. The third-order valence-corrected chi connectivity index (χ3v) is 4.87. The molecule has 0 unspecified atom stereocenters. The van der Waals surface area contributed by atoms with Gasteiger partial charge in [0.2, 0.25) is 0 Å². The van der Waals surface area contributed by atoms with Crippen molar-refractivity contribution in [3.8, 4) is 5.75 Å². The van der Waals surface area contributed by atoms with Gasteiger partial charge in [-0.05, 0) is 55.0 Å². The van der Waals surface area contributed by atoms with Gasteiger partial charge in [-0.1, -0.05) is 15.9 Å². The third-order valence-electron chi connectivity index (χ3n) is 3.33. The van der Waals surface area contributed by atoms with Gasteiger partial charge in [0.25, 0.3) is 0 Å². The first-order chi connectivity index (χ1) is 8.79. The minimum absolute atomic E-state index is 0.851. The lowest BCUT2D eigenvalue weighted by Crippen LogP contribution is -2.25. The average molecular weight is 330 g/mol. The van der Waals surface area contributed by atoms with E-state index < -0.39 is 0 Å². The van der Waals surface area contributed by atoms with Gasteiger partial charge in [0, 0.05) is 16.6 Å². The summed E-state index contributed by atoms with van der Waals surface area (Å²) in [5.74, 6) is 4.47. The molecule has 2 nitrogen and oxygen atoms in total. The van der Waals surface area contributed by atoms with Crippen molar-refractivity contribution in [2.75, 3.05) is 25.2 Å². The molecule has 0 amide bonds. The van der Waals surface area contributed by atoms with Gasteiger partial charge >= 0.3 is 0 Å². The van der Waals surface area contributed by atoms with E-state index in [9.17, 15) is 0 Å². The van der Waals surface area contributed by atoms with E-state index in [2.05, 4.69) is 39.1 Å². The molecule has 1 heterocycles. The summed E-state index contributed by atoms with van der Waals surface area (Å²) in [6.07, 6.45) is 2.71. The summed E-state index contributed by atoms with van der Waals surface area (Å²) in [5.41, 5.74) is 1.22. The molecule has 0 aromatic heterocycles. The Kier molecular flexibility index (Phi) is 5.86. The van der Waals surface area contributed by atoms with Crippen LogP contribution in [-0.2, 0) is 6.54 Å². The van der Waals surface area contributed by atoms with E-state index in [1.54, 1.807) is 7.11 Å². The van der Waals surface area contributed by atoms with Crippen molar-refractivity contribution in [2.45, 2.75) is 19.4 Å². The molecule has 0 atom stereocenters. The lowest BCUT2D eigenvalue weighted by Gasteiger charge is -2.21. The van der Waals surface area contributed by atoms with Gasteiger partial charge in [-0.3, -0.25) is 0 Å². The summed E-state index contributed by atoms with van der Waals surface area (Å²) < 4.78 is 6.48. The molecule has 0 spiro atoms. The van der Waals surface area contributed by atoms with Crippen LogP contribution in [0.1, 0.15) is 18.4 Å². The van der Waals surface area contributed by atoms with Crippen LogP contribution in [0.3, 0.4) is 0 Å². The minimum Gasteiger partial charge on any atom is -0.496 e. The van der Waals surface area contributed by atoms with Crippen LogP contribution in [0.25, 0.3) is 0 Å². The van der Waals surface area contributed by atoms with E-state index in [0.717, 1.165) is 29.2 Å². The number of nitrogens with one attached hydrogen (secondary N) is 1. The summed E-state index contributed by atoms with van der Waals surface area (Å²) in [7, 11) is 1.73. The molecule has 1 N–H and O–H groups in total. The van der Waals surface area contributed by atoms with E-state index in [1.807, 2.05) is 12.1 Å². The number of hydrogen-bond acceptors (Lipinski definition) is 3. The number of methoxy groups -OCH3 is 1. The fraction of sp³-hybridized carbons (Fsp3) is 0.571. The molecule has 2 rings (SSSR count). The quantitative estimate of drug-likeness (QED) is 0.890. The third kappa shape index (κ3) is 4.18. The number of benzene rings is 1. The SMILES string of the molecule is COc1ccc(Br)cc1CNCC1CCSCC1. The highest BCUT2D eigenvalue weighted by molar-refractivity contribution is 9.10. The monoisotopic (exact) mass is 329 g/mol. The van der Waals surface area contributed by atoms with Gasteiger partial charge in [-0.15, -0.1) is 0 Å². The number of ether oxygens (including phenoxy) is 1. The normalized spacial score (nSPS) is 16.8. The predicted molar refractivity (Wildman–Crippen MR) is 82.4 cm³/mol. The molecule has 1 aliphatic rings. The van der Waals surface area contributed by atoms with Crippen LogP contribution in [0.2, 0.25) is 0 Å². The molecular weight excluding hydrogens is 310 g/mol. The molecule has 1 aromatic carbocycles. The van der Waals surface area contributed by atoms with Crippen molar-refractivity contribution in [1.82, 2.24) is 5.32 Å². The maximum Gasteiger partial charge on any atom is 0.123 e. The van der Waals surface area contributed by atoms with E-state index in [4.69, 9.17) is 4.74 Å². The summed E-state index contributed by atoms with van der Waals surface area (Å²) in [6, 6.07) is 6.15. The van der Waals surface area contributed by atoms with Crippen LogP contribution in [-0.4, -0.2) is 25.2 Å². The molecule has 18 heavy (non-hydrogen) atoms. The van der Waals surface area contributed by atoms with E-state index >= 15 is 0 Å². The van der Waals surface area contributed by atoms with Gasteiger partial charge in [0.15, 0.2) is 0 Å². The largest absolute Gasteiger partial charge is 0.496 e. The summed E-state index contributed by atoms with van der Waals surface area (Å²) >= 11 is 5.59. The molecule has 0 bridgehead atoms. The molecule has 0 radical (unpaired) electrons. The standard InChI is InChI=1S/C14H20BrNOS/c1-17-14-3-2-13(15)8-12(14)10-16-9-11-4-6-18-7-5-11/h2-3,8,11,16H,4-7,9-10H2,1H3. The number of rotatable bonds is 5. The highest BCUT2D eigenvalue weighted by Crippen LogP contribution is 2.24. The first-order valence-electron chi connectivity index (χ1n) is 6.40. The van der Waals surface area contributed by atoms with Crippen molar-refractivity contribution >= 4 is 27.7 Å². The van der Waals surface area contributed by atoms with Crippen LogP contribution in [0.5, 0.6) is 5.75 Å². The Morgan fingerprint density at radius 2 is 2.17 bits per heavy atom. The second-order valence-electron chi connectivity index (χ2n) is 4.64. The highest BCUT2D eigenvalue weighted by atomic mass is 79.9. The van der Waals surface area contributed by atoms with E-state index in [-0.39, 0.29) is 0 Å². The van der Waals surface area contributed by atoms with E-state index in [1.165, 1.54) is 29.9 Å². The van der Waals surface area contributed by atoms with Crippen molar-refractivity contribution in [3.63, 3.8) is 0 Å². The first kappa shape index (κ1) is 14.2. The smallest absolute Gasteiger partial charge is 0.123 e. The lowest BCUT2D eigenvalue weighted by atomic mass is 10.0. The van der Waals surface area contributed by atoms with Crippen molar-refractivity contribution in [2.24, 2.45) is 5.92 Å². The zero-order chi connectivity index (χ0) is 12.8. The van der Waals surface area contributed by atoms with E-state index in [0.29, 0.717) is 0 Å². The number of thioether (sulfide) groups is 1. The number of hydrogen-bond donors (Lipinski definition) is 1. The zero-order valence-electron chi connectivity index (χ0n) is 10.7. The molecule has 0 aliphatic carbocycles. The predicted octanol–water partition coefficient (Wildman–Crippen LogP) is 3.69. The minimum atomic E-state index is 0.851. The summed E-state index contributed by atoms with van der Waals surface area (Å²) in [5, 5.41) is 3.56. The van der Waals surface area contributed by atoms with Gasteiger partial charge in [-0.25, -0.2) is 0 Å². The Balaban J connectivity index is 1.83. The molecule has 100 valence electrons. The fourth-order valence-electron chi connectivity index (χ4n) is 2.25. The van der Waals surface area contributed by atoms with Gasteiger partial charge in [0.05, 0.1) is 7.11 Å². The Morgan fingerprint density at radius 3 is 2.89 bits per heavy atom. The summed E-state index contributed by atoms with van der Waals surface area (Å²) in [4.78, 5) is 0. The average Bonchev–Trinajstić information content (AvgIpc) is 2.40. The number of halogens is 1. The second kappa shape index (κ2) is 7.41. The Morgan fingerprint density at radius 1 is 1.39 bits per heavy atom. The van der Waals surface area contributed by atoms with Gasteiger partial charge in [-0.2, -0.15) is 11.8 Å². The maximum atomic E-state index is 5.38. The molecule has 1 fully saturated rings. The van der Waals surface area contributed by atoms with Crippen LogP contribution in [0, 0.1) is 5.92 Å². The lowest BCUT2D eigenvalue weighted by molar-refractivity contribution is 0.403. The maximum absolute atomic E-state index is 5.38. The van der Waals surface area contributed by atoms with Crippen LogP contribution in [0.4, 0.5) is 0 Å². The van der Waals surface area contributed by atoms with Crippen molar-refractivity contribution in [1.29, 1.82) is 0 Å². The second-order valence-corrected chi connectivity index (χ2v) is 6.78. The van der Waals surface area contributed by atoms with Crippen molar-refractivity contribution in [3.05, 3.63) is 28.2 Å². The topological polar surface area (TPSA) is 21.3 Å². The molecule has 1 saturated heterocycles. The first-order valence-corrected chi connectivity index (χ1v) is 8.35.